The van der Waals surface area contributed by atoms with E-state index in [1.165, 1.54) is 12.1 Å². The second-order valence-corrected chi connectivity index (χ2v) is 6.08. The Balaban J connectivity index is 1.84. The molecule has 0 spiro atoms. The molecule has 2 heterocycles. The average molecular weight is 368 g/mol. The molecule has 3 rings (SSSR count). The summed E-state index contributed by atoms with van der Waals surface area (Å²) in [6.45, 7) is 0.179. The number of anilines is 1. The highest BCUT2D eigenvalue weighted by atomic mass is 79.9. The lowest BCUT2D eigenvalue weighted by atomic mass is 10.3. The molecule has 0 aliphatic carbocycles. The summed E-state index contributed by atoms with van der Waals surface area (Å²) in [4.78, 5) is 9.74. The van der Waals surface area contributed by atoms with Crippen molar-refractivity contribution in [3.8, 4) is 5.75 Å². The van der Waals surface area contributed by atoms with Crippen molar-refractivity contribution in [2.24, 2.45) is 0 Å². The van der Waals surface area contributed by atoms with Crippen LogP contribution in [0.25, 0.3) is 10.2 Å². The van der Waals surface area contributed by atoms with Crippen molar-refractivity contribution in [3.63, 3.8) is 0 Å². The van der Waals surface area contributed by atoms with Crippen molar-refractivity contribution < 1.29 is 9.13 Å². The zero-order valence-electron chi connectivity index (χ0n) is 11.1. The summed E-state index contributed by atoms with van der Waals surface area (Å²) in [5, 5.41) is 6.00. The van der Waals surface area contributed by atoms with E-state index in [1.54, 1.807) is 17.4 Å². The Kier molecular flexibility index (Phi) is 4.03. The van der Waals surface area contributed by atoms with Crippen molar-refractivity contribution >= 4 is 43.3 Å². The lowest BCUT2D eigenvalue weighted by molar-refractivity contribution is 0.295. The van der Waals surface area contributed by atoms with E-state index in [-0.39, 0.29) is 12.4 Å². The Morgan fingerprint density at radius 1 is 1.33 bits per heavy atom. The Morgan fingerprint density at radius 3 is 2.95 bits per heavy atom. The monoisotopic (exact) mass is 367 g/mol. The van der Waals surface area contributed by atoms with Gasteiger partial charge in [-0.1, -0.05) is 15.9 Å². The maximum Gasteiger partial charge on any atom is 0.169 e. The zero-order valence-corrected chi connectivity index (χ0v) is 13.5. The van der Waals surface area contributed by atoms with Crippen molar-refractivity contribution in [2.45, 2.75) is 6.61 Å². The lowest BCUT2D eigenvalue weighted by Crippen LogP contribution is -2.04. The first kappa shape index (κ1) is 14.2. The quantitative estimate of drug-likeness (QED) is 0.749. The third kappa shape index (κ3) is 3.14. The third-order valence-corrected chi connectivity index (χ3v) is 4.08. The van der Waals surface area contributed by atoms with Gasteiger partial charge in [0.2, 0.25) is 0 Å². The van der Waals surface area contributed by atoms with Crippen LogP contribution in [-0.2, 0) is 6.61 Å². The number of thiophene rings is 1. The fraction of sp³-hybridized carbons (Fsp3) is 0.143. The van der Waals surface area contributed by atoms with Gasteiger partial charge >= 0.3 is 0 Å². The van der Waals surface area contributed by atoms with Crippen molar-refractivity contribution in [1.29, 1.82) is 0 Å². The topological polar surface area (TPSA) is 47.0 Å². The molecule has 0 atom stereocenters. The summed E-state index contributed by atoms with van der Waals surface area (Å²) in [6, 6.07) is 6.37. The molecule has 3 aromatic rings. The smallest absolute Gasteiger partial charge is 0.169 e. The lowest BCUT2D eigenvalue weighted by Gasteiger charge is -2.08. The number of nitrogens with zero attached hydrogens (tertiary/aromatic N) is 2. The van der Waals surface area contributed by atoms with Crippen LogP contribution in [0.4, 0.5) is 10.2 Å². The normalized spacial score (nSPS) is 10.8. The van der Waals surface area contributed by atoms with Gasteiger partial charge in [-0.2, -0.15) is 0 Å². The minimum atomic E-state index is -0.357. The van der Waals surface area contributed by atoms with Crippen LogP contribution in [0, 0.1) is 5.82 Å². The molecule has 0 aliphatic heterocycles. The highest BCUT2D eigenvalue weighted by Gasteiger charge is 2.09. The van der Waals surface area contributed by atoms with E-state index >= 15 is 0 Å². The van der Waals surface area contributed by atoms with Gasteiger partial charge in [0.15, 0.2) is 5.82 Å². The molecule has 0 fully saturated rings. The highest BCUT2D eigenvalue weighted by molar-refractivity contribution is 9.10. The van der Waals surface area contributed by atoms with Crippen LogP contribution in [0.2, 0.25) is 0 Å². The van der Waals surface area contributed by atoms with Crippen LogP contribution in [0.5, 0.6) is 5.75 Å². The van der Waals surface area contributed by atoms with E-state index < -0.39 is 0 Å². The molecule has 2 aromatic heterocycles. The van der Waals surface area contributed by atoms with Gasteiger partial charge in [0, 0.05) is 17.6 Å². The molecule has 21 heavy (non-hydrogen) atoms. The molecule has 108 valence electrons. The van der Waals surface area contributed by atoms with Crippen LogP contribution in [0.15, 0.2) is 34.1 Å². The summed E-state index contributed by atoms with van der Waals surface area (Å²) < 4.78 is 19.5. The van der Waals surface area contributed by atoms with E-state index in [1.807, 2.05) is 18.5 Å². The van der Waals surface area contributed by atoms with Gasteiger partial charge in [0.05, 0.1) is 5.39 Å². The number of halogens is 2. The number of aromatic nitrogens is 2. The first-order valence-electron chi connectivity index (χ1n) is 6.16. The first-order chi connectivity index (χ1) is 10.2. The van der Waals surface area contributed by atoms with E-state index in [0.717, 1.165) is 16.0 Å². The second-order valence-electron chi connectivity index (χ2n) is 4.27. The van der Waals surface area contributed by atoms with Gasteiger partial charge in [0.1, 0.15) is 28.8 Å². The van der Waals surface area contributed by atoms with Gasteiger partial charge in [-0.15, -0.1) is 11.3 Å². The molecule has 0 saturated heterocycles. The predicted octanol–water partition coefficient (Wildman–Crippen LogP) is 4.21. The van der Waals surface area contributed by atoms with Gasteiger partial charge in [-0.25, -0.2) is 14.4 Å². The number of hydrogen-bond donors (Lipinski definition) is 1. The largest absolute Gasteiger partial charge is 0.485 e. The van der Waals surface area contributed by atoms with Crippen LogP contribution < -0.4 is 10.1 Å². The Bertz CT molecular complexity index is 773. The van der Waals surface area contributed by atoms with E-state index in [2.05, 4.69) is 31.2 Å². The zero-order chi connectivity index (χ0) is 14.8. The molecule has 4 nitrogen and oxygen atoms in total. The Morgan fingerprint density at radius 2 is 2.19 bits per heavy atom. The van der Waals surface area contributed by atoms with Gasteiger partial charge in [0.25, 0.3) is 0 Å². The average Bonchev–Trinajstić information content (AvgIpc) is 2.91. The minimum absolute atomic E-state index is 0.179. The van der Waals surface area contributed by atoms with Gasteiger partial charge in [-0.05, 0) is 23.6 Å². The summed E-state index contributed by atoms with van der Waals surface area (Å²) in [6.07, 6.45) is 0. The molecule has 0 aliphatic rings. The van der Waals surface area contributed by atoms with Crippen molar-refractivity contribution in [2.75, 3.05) is 12.4 Å². The molecule has 0 amide bonds. The van der Waals surface area contributed by atoms with E-state index in [4.69, 9.17) is 4.74 Å². The predicted molar refractivity (Wildman–Crippen MR) is 85.4 cm³/mol. The number of nitrogens with one attached hydrogen (secondary N) is 1. The number of hydrogen-bond acceptors (Lipinski definition) is 5. The van der Waals surface area contributed by atoms with E-state index in [0.29, 0.717) is 16.0 Å². The molecular formula is C14H11BrFN3OS. The maximum absolute atomic E-state index is 13.3. The Labute approximate surface area is 133 Å². The minimum Gasteiger partial charge on any atom is -0.485 e. The molecule has 1 aromatic carbocycles. The Hall–Kier alpha value is -1.73. The number of ether oxygens (including phenoxy) is 1. The van der Waals surface area contributed by atoms with Gasteiger partial charge < -0.3 is 10.1 Å². The number of fused-ring (bicyclic) bond motifs is 1. The van der Waals surface area contributed by atoms with Crippen molar-refractivity contribution in [3.05, 3.63) is 45.8 Å². The number of rotatable bonds is 4. The highest BCUT2D eigenvalue weighted by Crippen LogP contribution is 2.25. The summed E-state index contributed by atoms with van der Waals surface area (Å²) in [7, 11) is 1.81. The molecule has 0 radical (unpaired) electrons. The SMILES string of the molecule is CNc1nc(COc2cc(F)cc(Br)c2)nc2sccc12. The second kappa shape index (κ2) is 5.95. The molecule has 0 unspecified atom stereocenters. The molecule has 7 heteroatoms. The standard InChI is InChI=1S/C14H11BrFN3OS/c1-17-13-11-2-3-21-14(11)19-12(18-13)7-20-10-5-8(15)4-9(16)6-10/h2-6H,7H2,1H3,(H,17,18,19). The fourth-order valence-electron chi connectivity index (χ4n) is 1.91. The maximum atomic E-state index is 13.3. The van der Waals surface area contributed by atoms with Crippen molar-refractivity contribution in [1.82, 2.24) is 9.97 Å². The summed E-state index contributed by atoms with van der Waals surface area (Å²) >= 11 is 4.77. The third-order valence-electron chi connectivity index (χ3n) is 2.81. The molecule has 1 N–H and O–H groups in total. The van der Waals surface area contributed by atoms with Gasteiger partial charge in [-0.3, -0.25) is 0 Å². The van der Waals surface area contributed by atoms with E-state index in [9.17, 15) is 4.39 Å². The van der Waals surface area contributed by atoms with Crippen LogP contribution in [-0.4, -0.2) is 17.0 Å². The van der Waals surface area contributed by atoms with Crippen LogP contribution in [0.3, 0.4) is 0 Å². The summed E-state index contributed by atoms with van der Waals surface area (Å²) in [5.74, 6) is 1.39. The summed E-state index contributed by atoms with van der Waals surface area (Å²) in [5.41, 5.74) is 0. The molecule has 0 saturated carbocycles. The fourth-order valence-corrected chi connectivity index (χ4v) is 3.14. The molecule has 0 bridgehead atoms. The first-order valence-corrected chi connectivity index (χ1v) is 7.84. The number of benzene rings is 1. The molecular weight excluding hydrogens is 357 g/mol. The van der Waals surface area contributed by atoms with Crippen LogP contribution >= 0.6 is 27.3 Å². The van der Waals surface area contributed by atoms with Crippen LogP contribution in [0.1, 0.15) is 5.82 Å².